The lowest BCUT2D eigenvalue weighted by Gasteiger charge is -2.31. The van der Waals surface area contributed by atoms with Crippen LogP contribution in [0.4, 0.5) is 0 Å². The Balaban J connectivity index is 1.83. The minimum absolute atomic E-state index is 0.222. The molecule has 0 atom stereocenters. The topological polar surface area (TPSA) is 86.8 Å². The third-order valence-electron chi connectivity index (χ3n) is 6.22. The van der Waals surface area contributed by atoms with Crippen LogP contribution in [0.25, 0.3) is 21.8 Å². The average molecular weight is 533 g/mol. The first-order valence-corrected chi connectivity index (χ1v) is 13.6. The van der Waals surface area contributed by atoms with Gasteiger partial charge in [-0.1, -0.05) is 24.3 Å². The Hall–Kier alpha value is -3.91. The lowest BCUT2D eigenvalue weighted by molar-refractivity contribution is -0.139. The summed E-state index contributed by atoms with van der Waals surface area (Å²) in [7, 11) is 0. The Bertz CT molecular complexity index is 1350. The lowest BCUT2D eigenvalue weighted by atomic mass is 9.78. The van der Waals surface area contributed by atoms with E-state index in [1.807, 2.05) is 74.7 Å². The van der Waals surface area contributed by atoms with Gasteiger partial charge in [0.2, 0.25) is 0 Å². The average Bonchev–Trinajstić information content (AvgIpc) is 3.39. The molecule has 1 aromatic heterocycles. The predicted octanol–water partition coefficient (Wildman–Crippen LogP) is 6.24. The van der Waals surface area contributed by atoms with Gasteiger partial charge in [-0.2, -0.15) is 0 Å². The standard InChI is InChI=1S/C30H32N2O5S/c1-6-35-21-15-13-20(14-16-21)24-17-38-28(32-24)23-12-10-9-11-22(23)27-25(29(33)36-7-2)18(4)31-19(5)26(27)30(34)37-8-3/h9-17,27,31H,6-8H2,1-5H3. The second-order valence-electron chi connectivity index (χ2n) is 8.66. The van der Waals surface area contributed by atoms with Crippen LogP contribution < -0.4 is 10.1 Å². The summed E-state index contributed by atoms with van der Waals surface area (Å²) in [6.07, 6.45) is 0. The van der Waals surface area contributed by atoms with E-state index in [-0.39, 0.29) is 13.2 Å². The van der Waals surface area contributed by atoms with Gasteiger partial charge >= 0.3 is 11.9 Å². The van der Waals surface area contributed by atoms with Crippen LogP contribution >= 0.6 is 11.3 Å². The molecule has 0 aliphatic carbocycles. The molecule has 0 saturated heterocycles. The summed E-state index contributed by atoms with van der Waals surface area (Å²) in [5.41, 5.74) is 5.49. The van der Waals surface area contributed by atoms with Crippen molar-refractivity contribution in [1.29, 1.82) is 0 Å². The van der Waals surface area contributed by atoms with E-state index in [9.17, 15) is 9.59 Å². The molecule has 7 nitrogen and oxygen atoms in total. The number of nitrogens with zero attached hydrogens (tertiary/aromatic N) is 1. The summed E-state index contributed by atoms with van der Waals surface area (Å²) in [5.74, 6) is -0.810. The third kappa shape index (κ3) is 5.50. The van der Waals surface area contributed by atoms with Crippen molar-refractivity contribution in [2.24, 2.45) is 0 Å². The van der Waals surface area contributed by atoms with Crippen molar-refractivity contribution >= 4 is 23.3 Å². The minimum Gasteiger partial charge on any atom is -0.494 e. The van der Waals surface area contributed by atoms with Gasteiger partial charge in [0, 0.05) is 27.9 Å². The highest BCUT2D eigenvalue weighted by atomic mass is 32.1. The molecule has 2 heterocycles. The number of benzene rings is 2. The van der Waals surface area contributed by atoms with Gasteiger partial charge in [0.1, 0.15) is 10.8 Å². The van der Waals surface area contributed by atoms with Gasteiger partial charge in [-0.15, -0.1) is 11.3 Å². The molecule has 38 heavy (non-hydrogen) atoms. The Morgan fingerprint density at radius 3 is 2.05 bits per heavy atom. The van der Waals surface area contributed by atoms with E-state index < -0.39 is 17.9 Å². The summed E-state index contributed by atoms with van der Waals surface area (Å²) in [6, 6.07) is 15.6. The van der Waals surface area contributed by atoms with Crippen molar-refractivity contribution in [3.05, 3.63) is 82.0 Å². The smallest absolute Gasteiger partial charge is 0.336 e. The zero-order valence-electron chi connectivity index (χ0n) is 22.3. The first-order valence-electron chi connectivity index (χ1n) is 12.7. The first kappa shape index (κ1) is 27.1. The summed E-state index contributed by atoms with van der Waals surface area (Å²) >= 11 is 1.51. The largest absolute Gasteiger partial charge is 0.494 e. The SMILES string of the molecule is CCOC(=O)C1=C(C)NC(C)=C(C(=O)OCC)C1c1ccccc1-c1nc(-c2ccc(OCC)cc2)cs1. The fourth-order valence-corrected chi connectivity index (χ4v) is 5.50. The molecule has 198 valence electrons. The quantitative estimate of drug-likeness (QED) is 0.327. The van der Waals surface area contributed by atoms with Crippen molar-refractivity contribution in [3.63, 3.8) is 0 Å². The number of rotatable bonds is 9. The molecule has 1 N–H and O–H groups in total. The molecular formula is C30H32N2O5S. The molecule has 4 rings (SSSR count). The molecule has 8 heteroatoms. The van der Waals surface area contributed by atoms with Crippen LogP contribution in [-0.2, 0) is 19.1 Å². The van der Waals surface area contributed by atoms with E-state index in [2.05, 4.69) is 5.32 Å². The number of esters is 2. The molecule has 3 aromatic rings. The number of thiazole rings is 1. The number of hydrogen-bond donors (Lipinski definition) is 1. The Morgan fingerprint density at radius 2 is 1.47 bits per heavy atom. The number of dihydropyridines is 1. The molecule has 0 fully saturated rings. The van der Waals surface area contributed by atoms with E-state index in [1.54, 1.807) is 13.8 Å². The van der Waals surface area contributed by atoms with Gasteiger partial charge < -0.3 is 19.5 Å². The van der Waals surface area contributed by atoms with Crippen LogP contribution in [0.1, 0.15) is 46.1 Å². The Morgan fingerprint density at radius 1 is 0.868 bits per heavy atom. The third-order valence-corrected chi connectivity index (χ3v) is 7.09. The van der Waals surface area contributed by atoms with Crippen LogP contribution in [0.15, 0.2) is 76.5 Å². The fourth-order valence-electron chi connectivity index (χ4n) is 4.63. The Kier molecular flexibility index (Phi) is 8.63. The van der Waals surface area contributed by atoms with Gasteiger partial charge in [0.05, 0.1) is 42.6 Å². The van der Waals surface area contributed by atoms with E-state index in [0.717, 1.165) is 33.1 Å². The summed E-state index contributed by atoms with van der Waals surface area (Å²) in [4.78, 5) is 31.4. The van der Waals surface area contributed by atoms with E-state index in [4.69, 9.17) is 19.2 Å². The van der Waals surface area contributed by atoms with Gasteiger partial charge in [0.15, 0.2) is 0 Å². The van der Waals surface area contributed by atoms with Crippen LogP contribution in [0, 0.1) is 0 Å². The lowest BCUT2D eigenvalue weighted by Crippen LogP contribution is -2.32. The number of ether oxygens (including phenoxy) is 3. The summed E-state index contributed by atoms with van der Waals surface area (Å²) in [5, 5.41) is 5.98. The minimum atomic E-state index is -0.677. The monoisotopic (exact) mass is 532 g/mol. The predicted molar refractivity (Wildman–Crippen MR) is 149 cm³/mol. The van der Waals surface area contributed by atoms with Crippen molar-refractivity contribution in [2.45, 2.75) is 40.5 Å². The first-order chi connectivity index (χ1) is 18.4. The number of hydrogen-bond acceptors (Lipinski definition) is 8. The van der Waals surface area contributed by atoms with Gasteiger partial charge in [-0.05, 0) is 64.4 Å². The molecule has 1 aliphatic rings. The van der Waals surface area contributed by atoms with Crippen LogP contribution in [0.2, 0.25) is 0 Å². The fraction of sp³-hybridized carbons (Fsp3) is 0.300. The highest BCUT2D eigenvalue weighted by molar-refractivity contribution is 7.13. The zero-order chi connectivity index (χ0) is 27.2. The van der Waals surface area contributed by atoms with Gasteiger partial charge in [-0.3, -0.25) is 0 Å². The highest BCUT2D eigenvalue weighted by Gasteiger charge is 2.39. The second kappa shape index (κ2) is 12.1. The molecule has 0 radical (unpaired) electrons. The van der Waals surface area contributed by atoms with E-state index >= 15 is 0 Å². The normalized spacial score (nSPS) is 13.8. The maximum atomic E-state index is 13.2. The van der Waals surface area contributed by atoms with Crippen LogP contribution in [0.5, 0.6) is 5.75 Å². The van der Waals surface area contributed by atoms with Gasteiger partial charge in [-0.25, -0.2) is 14.6 Å². The molecule has 0 saturated carbocycles. The molecule has 0 unspecified atom stereocenters. The van der Waals surface area contributed by atoms with Crippen molar-refractivity contribution in [1.82, 2.24) is 10.3 Å². The molecule has 0 amide bonds. The van der Waals surface area contributed by atoms with Crippen molar-refractivity contribution in [3.8, 4) is 27.6 Å². The molecule has 2 aromatic carbocycles. The van der Waals surface area contributed by atoms with E-state index in [1.165, 1.54) is 11.3 Å². The highest BCUT2D eigenvalue weighted by Crippen LogP contribution is 2.44. The number of carbonyl (C=O) groups excluding carboxylic acids is 2. The number of allylic oxidation sites excluding steroid dienone is 2. The van der Waals surface area contributed by atoms with E-state index in [0.29, 0.717) is 29.1 Å². The maximum Gasteiger partial charge on any atom is 0.336 e. The summed E-state index contributed by atoms with van der Waals surface area (Å²) in [6.45, 7) is 10.2. The second-order valence-corrected chi connectivity index (χ2v) is 9.52. The van der Waals surface area contributed by atoms with Crippen molar-refractivity contribution in [2.75, 3.05) is 19.8 Å². The molecule has 0 spiro atoms. The van der Waals surface area contributed by atoms with Crippen molar-refractivity contribution < 1.29 is 23.8 Å². The number of aromatic nitrogens is 1. The maximum absolute atomic E-state index is 13.2. The Labute approximate surface area is 227 Å². The zero-order valence-corrected chi connectivity index (χ0v) is 23.1. The van der Waals surface area contributed by atoms with Crippen LogP contribution in [0.3, 0.4) is 0 Å². The number of carbonyl (C=O) groups is 2. The molecular weight excluding hydrogens is 500 g/mol. The van der Waals surface area contributed by atoms with Crippen LogP contribution in [-0.4, -0.2) is 36.7 Å². The molecule has 0 bridgehead atoms. The molecule has 1 aliphatic heterocycles. The number of nitrogens with one attached hydrogen (secondary N) is 1. The van der Waals surface area contributed by atoms with Gasteiger partial charge in [0.25, 0.3) is 0 Å². The summed E-state index contributed by atoms with van der Waals surface area (Å²) < 4.78 is 16.4.